The predicted octanol–water partition coefficient (Wildman–Crippen LogP) is 5.48. The highest BCUT2D eigenvalue weighted by Crippen LogP contribution is 2.56. The molecule has 4 rings (SSSR count). The zero-order valence-corrected chi connectivity index (χ0v) is 21.8. The van der Waals surface area contributed by atoms with E-state index in [9.17, 15) is 14.4 Å². The van der Waals surface area contributed by atoms with E-state index in [-0.39, 0.29) is 18.8 Å². The van der Waals surface area contributed by atoms with Gasteiger partial charge in [0.25, 0.3) is 5.91 Å². The fraction of sp³-hybridized carbons (Fsp3) is 0.323. The Bertz CT molecular complexity index is 1280. The first-order chi connectivity index (χ1) is 18.3. The van der Waals surface area contributed by atoms with Crippen molar-refractivity contribution < 1.29 is 23.9 Å². The Labute approximate surface area is 223 Å². The Hall–Kier alpha value is -3.97. The minimum Gasteiger partial charge on any atom is -0.445 e. The van der Waals surface area contributed by atoms with Gasteiger partial charge >= 0.3 is 6.09 Å². The number of carbonyl (C=O) groups excluding carboxylic acids is 3. The van der Waals surface area contributed by atoms with Crippen molar-refractivity contribution in [1.29, 1.82) is 0 Å². The molecule has 198 valence electrons. The predicted molar refractivity (Wildman–Crippen MR) is 145 cm³/mol. The summed E-state index contributed by atoms with van der Waals surface area (Å²) >= 11 is 0. The van der Waals surface area contributed by atoms with Crippen LogP contribution in [0.2, 0.25) is 0 Å². The minimum atomic E-state index is -1.69. The smallest absolute Gasteiger partial charge is 0.409 e. The molecule has 1 heterocycles. The second-order valence-electron chi connectivity index (χ2n) is 9.73. The third kappa shape index (κ3) is 5.48. The highest BCUT2D eigenvalue weighted by Gasteiger charge is 2.77. The summed E-state index contributed by atoms with van der Waals surface area (Å²) in [6, 6.07) is 26.4. The minimum absolute atomic E-state index is 0.0196. The quantitative estimate of drug-likeness (QED) is 0.245. The van der Waals surface area contributed by atoms with E-state index < -0.39 is 29.2 Å². The maximum absolute atomic E-state index is 13.9. The van der Waals surface area contributed by atoms with Crippen LogP contribution >= 0.6 is 0 Å². The summed E-state index contributed by atoms with van der Waals surface area (Å²) in [6.07, 6.45) is 1.97. The van der Waals surface area contributed by atoms with E-state index in [1.54, 1.807) is 0 Å². The number of hydrogen-bond donors (Lipinski definition) is 2. The molecular formula is C31H34N2O5. The SMILES string of the molecule is CCCCCC(=O)C(c1ccccc1-c1ccccc1)[C@]1(NC(=O)OCc2ccccc2)O[C@]1(C)C(N)=O. The number of benzene rings is 3. The molecule has 38 heavy (non-hydrogen) atoms. The third-order valence-corrected chi connectivity index (χ3v) is 7.11. The Kier molecular flexibility index (Phi) is 8.27. The number of unbranched alkanes of at least 4 members (excludes halogenated alkanes) is 2. The van der Waals surface area contributed by atoms with Crippen LogP contribution in [0.4, 0.5) is 4.79 Å². The van der Waals surface area contributed by atoms with Gasteiger partial charge in [-0.1, -0.05) is 105 Å². The number of nitrogens with two attached hydrogens (primary N) is 1. The van der Waals surface area contributed by atoms with Gasteiger partial charge in [-0.15, -0.1) is 0 Å². The average molecular weight is 515 g/mol. The van der Waals surface area contributed by atoms with Crippen LogP contribution in [0, 0.1) is 0 Å². The molecule has 7 nitrogen and oxygen atoms in total. The summed E-state index contributed by atoms with van der Waals surface area (Å²) in [5.74, 6) is -1.91. The highest BCUT2D eigenvalue weighted by molar-refractivity contribution is 5.96. The Morgan fingerprint density at radius 1 is 0.921 bits per heavy atom. The maximum atomic E-state index is 13.9. The summed E-state index contributed by atoms with van der Waals surface area (Å²) in [5, 5.41) is 2.75. The number of primary amides is 1. The van der Waals surface area contributed by atoms with Crippen molar-refractivity contribution in [3.05, 3.63) is 96.1 Å². The molecule has 3 N–H and O–H groups in total. The summed E-state index contributed by atoms with van der Waals surface area (Å²) in [4.78, 5) is 39.6. The van der Waals surface area contributed by atoms with Crippen LogP contribution in [-0.2, 0) is 25.7 Å². The van der Waals surface area contributed by atoms with E-state index in [1.165, 1.54) is 6.92 Å². The van der Waals surface area contributed by atoms with Gasteiger partial charge in [0.05, 0.1) is 5.92 Å². The number of Topliss-reactive ketones (excluding diaryl/α,β-unsaturated/α-hetero) is 1. The highest BCUT2D eigenvalue weighted by atomic mass is 16.7. The lowest BCUT2D eigenvalue weighted by molar-refractivity contribution is -0.122. The normalized spacial score (nSPS) is 20.8. The van der Waals surface area contributed by atoms with Crippen LogP contribution in [0.3, 0.4) is 0 Å². The number of hydrogen-bond acceptors (Lipinski definition) is 5. The topological polar surface area (TPSA) is 111 Å². The number of nitrogens with one attached hydrogen (secondary N) is 1. The van der Waals surface area contributed by atoms with Crippen LogP contribution in [0.25, 0.3) is 11.1 Å². The van der Waals surface area contributed by atoms with E-state index in [0.717, 1.165) is 29.5 Å². The molecule has 1 aliphatic heterocycles. The van der Waals surface area contributed by atoms with E-state index in [2.05, 4.69) is 12.2 Å². The van der Waals surface area contributed by atoms with Crippen LogP contribution in [0.15, 0.2) is 84.9 Å². The van der Waals surface area contributed by atoms with Gasteiger partial charge in [-0.25, -0.2) is 4.79 Å². The number of rotatable bonds is 12. The number of carbonyl (C=O) groups is 3. The zero-order valence-electron chi connectivity index (χ0n) is 21.8. The van der Waals surface area contributed by atoms with Gasteiger partial charge < -0.3 is 15.2 Å². The van der Waals surface area contributed by atoms with Crippen molar-refractivity contribution in [1.82, 2.24) is 5.32 Å². The number of amides is 2. The largest absolute Gasteiger partial charge is 0.445 e. The number of alkyl carbamates (subject to hydrolysis) is 1. The first kappa shape index (κ1) is 27.1. The Morgan fingerprint density at radius 2 is 1.55 bits per heavy atom. The molecule has 0 aromatic heterocycles. The second kappa shape index (κ2) is 11.6. The molecule has 0 spiro atoms. The van der Waals surface area contributed by atoms with Gasteiger partial charge in [-0.3, -0.25) is 14.9 Å². The number of epoxide rings is 1. The van der Waals surface area contributed by atoms with Gasteiger partial charge in [-0.05, 0) is 35.6 Å². The molecule has 3 aromatic carbocycles. The van der Waals surface area contributed by atoms with Gasteiger partial charge in [0.1, 0.15) is 12.4 Å². The van der Waals surface area contributed by atoms with E-state index in [4.69, 9.17) is 15.2 Å². The number of ketones is 1. The van der Waals surface area contributed by atoms with Crippen LogP contribution in [-0.4, -0.2) is 29.1 Å². The average Bonchev–Trinajstić information content (AvgIpc) is 3.54. The summed E-state index contributed by atoms with van der Waals surface area (Å²) in [7, 11) is 0. The molecule has 0 radical (unpaired) electrons. The first-order valence-electron chi connectivity index (χ1n) is 13.0. The monoisotopic (exact) mass is 514 g/mol. The molecular weight excluding hydrogens is 480 g/mol. The second-order valence-corrected chi connectivity index (χ2v) is 9.73. The maximum Gasteiger partial charge on any atom is 0.409 e. The molecule has 0 bridgehead atoms. The standard InChI is InChI=1S/C31H34N2O5/c1-3-4-7-20-26(34)27(25-19-13-12-18-24(25)23-16-10-6-11-17-23)31(30(2,38-31)28(32)35)33-29(36)37-21-22-14-8-5-9-15-22/h5-6,8-19,27H,3-4,7,20-21H2,1-2H3,(H2,32,35)(H,33,36)/t27?,30-,31+/m1/s1. The lowest BCUT2D eigenvalue weighted by Crippen LogP contribution is -2.53. The fourth-order valence-electron chi connectivity index (χ4n) is 4.93. The summed E-state index contributed by atoms with van der Waals surface area (Å²) in [6.45, 7) is 3.59. The van der Waals surface area contributed by atoms with Gasteiger partial charge in [0.2, 0.25) is 0 Å². The van der Waals surface area contributed by atoms with Crippen LogP contribution in [0.1, 0.15) is 56.6 Å². The van der Waals surface area contributed by atoms with Crippen LogP contribution < -0.4 is 11.1 Å². The molecule has 3 atom stereocenters. The van der Waals surface area contributed by atoms with Crippen molar-refractivity contribution in [2.45, 2.75) is 63.4 Å². The lowest BCUT2D eigenvalue weighted by Gasteiger charge is -2.28. The van der Waals surface area contributed by atoms with Gasteiger partial charge in [-0.2, -0.15) is 0 Å². The molecule has 1 unspecified atom stereocenters. The van der Waals surface area contributed by atoms with Gasteiger partial charge in [0.15, 0.2) is 11.3 Å². The molecule has 0 saturated carbocycles. The zero-order chi connectivity index (χ0) is 27.2. The van der Waals surface area contributed by atoms with Crippen molar-refractivity contribution in [2.75, 3.05) is 0 Å². The molecule has 7 heteroatoms. The van der Waals surface area contributed by atoms with Gasteiger partial charge in [0, 0.05) is 6.42 Å². The molecule has 0 aliphatic carbocycles. The molecule has 1 saturated heterocycles. The lowest BCUT2D eigenvalue weighted by atomic mass is 9.77. The van der Waals surface area contributed by atoms with E-state index >= 15 is 0 Å². The van der Waals surface area contributed by atoms with Crippen molar-refractivity contribution in [3.63, 3.8) is 0 Å². The molecule has 3 aromatic rings. The fourth-order valence-corrected chi connectivity index (χ4v) is 4.93. The molecule has 1 aliphatic rings. The van der Waals surface area contributed by atoms with Crippen molar-refractivity contribution in [2.24, 2.45) is 5.73 Å². The van der Waals surface area contributed by atoms with Crippen molar-refractivity contribution >= 4 is 17.8 Å². The molecule has 1 fully saturated rings. The van der Waals surface area contributed by atoms with Crippen LogP contribution in [0.5, 0.6) is 0 Å². The van der Waals surface area contributed by atoms with E-state index in [0.29, 0.717) is 12.0 Å². The summed E-state index contributed by atoms with van der Waals surface area (Å²) < 4.78 is 11.5. The first-order valence-corrected chi connectivity index (χ1v) is 13.0. The number of ether oxygens (including phenoxy) is 2. The summed E-state index contributed by atoms with van der Waals surface area (Å²) in [5.41, 5.74) is 5.63. The Morgan fingerprint density at radius 3 is 2.18 bits per heavy atom. The third-order valence-electron chi connectivity index (χ3n) is 7.11. The molecule has 2 amide bonds. The van der Waals surface area contributed by atoms with Crippen molar-refractivity contribution in [3.8, 4) is 11.1 Å². The van der Waals surface area contributed by atoms with E-state index in [1.807, 2.05) is 84.9 Å². The Balaban J connectivity index is 1.74.